The first kappa shape index (κ1) is 14.2. The Hall–Kier alpha value is -1.75. The van der Waals surface area contributed by atoms with Crippen LogP contribution in [0.4, 0.5) is 0 Å². The van der Waals surface area contributed by atoms with Crippen molar-refractivity contribution in [2.75, 3.05) is 19.8 Å². The number of nitrogens with one attached hydrogen (secondary N) is 1. The maximum absolute atomic E-state index is 5.71. The van der Waals surface area contributed by atoms with Gasteiger partial charge in [0.05, 0.1) is 24.2 Å². The topological polar surface area (TPSA) is 73.2 Å². The molecule has 3 rings (SSSR count). The Morgan fingerprint density at radius 3 is 2.76 bits per heavy atom. The number of hydrogen-bond acceptors (Lipinski definition) is 4. The summed E-state index contributed by atoms with van der Waals surface area (Å²) in [7, 11) is 0. The average Bonchev–Trinajstić information content (AvgIpc) is 2.72. The van der Waals surface area contributed by atoms with Crippen molar-refractivity contribution < 1.29 is 9.47 Å². The van der Waals surface area contributed by atoms with Gasteiger partial charge in [-0.2, -0.15) is 0 Å². The van der Waals surface area contributed by atoms with E-state index in [-0.39, 0.29) is 0 Å². The van der Waals surface area contributed by atoms with Crippen molar-refractivity contribution in [3.8, 4) is 11.5 Å². The second-order valence-corrected chi connectivity index (χ2v) is 5.77. The minimum atomic E-state index is 0.631. The Bertz CT molecular complexity index is 566. The summed E-state index contributed by atoms with van der Waals surface area (Å²) in [6, 6.07) is 3.97. The Kier molecular flexibility index (Phi) is 4.29. The minimum Gasteiger partial charge on any atom is -0.489 e. The van der Waals surface area contributed by atoms with Gasteiger partial charge in [-0.05, 0) is 25.3 Å². The van der Waals surface area contributed by atoms with Crippen LogP contribution in [0.2, 0.25) is 0 Å². The van der Waals surface area contributed by atoms with Gasteiger partial charge in [-0.15, -0.1) is 0 Å². The third-order valence-electron chi connectivity index (χ3n) is 3.93. The molecule has 1 unspecified atom stereocenters. The van der Waals surface area contributed by atoms with E-state index < -0.39 is 0 Å². The molecule has 0 bridgehead atoms. The van der Waals surface area contributed by atoms with Crippen molar-refractivity contribution in [1.82, 2.24) is 9.97 Å². The molecule has 1 aliphatic heterocycles. The first-order valence-corrected chi connectivity index (χ1v) is 7.74. The number of fused-ring (bicyclic) bond motifs is 2. The molecule has 21 heavy (non-hydrogen) atoms. The Morgan fingerprint density at radius 2 is 2.00 bits per heavy atom. The molecule has 1 atom stereocenters. The number of H-pyrrole nitrogens is 1. The van der Waals surface area contributed by atoms with E-state index in [2.05, 4.69) is 16.9 Å². The highest BCUT2D eigenvalue weighted by Gasteiger charge is 2.14. The fourth-order valence-corrected chi connectivity index (χ4v) is 2.65. The van der Waals surface area contributed by atoms with E-state index in [1.54, 1.807) is 0 Å². The zero-order chi connectivity index (χ0) is 14.7. The number of aromatic nitrogens is 2. The molecule has 3 N–H and O–H groups in total. The van der Waals surface area contributed by atoms with E-state index >= 15 is 0 Å². The number of imidazole rings is 1. The number of nitrogens with two attached hydrogens (primary N) is 1. The van der Waals surface area contributed by atoms with Crippen LogP contribution in [0.25, 0.3) is 11.0 Å². The number of ether oxygens (including phenoxy) is 2. The maximum atomic E-state index is 5.71. The normalized spacial score (nSPS) is 15.9. The second kappa shape index (κ2) is 6.35. The van der Waals surface area contributed by atoms with Crippen LogP contribution in [0.1, 0.15) is 32.0 Å². The summed E-state index contributed by atoms with van der Waals surface area (Å²) in [4.78, 5) is 8.05. The summed E-state index contributed by atoms with van der Waals surface area (Å²) < 4.78 is 11.4. The smallest absolute Gasteiger partial charge is 0.163 e. The standard InChI is InChI=1S/C16H23N3O2/c1-11(5-6-17)3-4-16-18-12-9-14-15(10-13(12)19-16)21-8-2-7-20-14/h9-11H,2-8,17H2,1H3,(H,18,19). The molecule has 0 saturated heterocycles. The van der Waals surface area contributed by atoms with Gasteiger partial charge in [0.1, 0.15) is 5.82 Å². The molecule has 5 heteroatoms. The summed E-state index contributed by atoms with van der Waals surface area (Å²) in [6.45, 7) is 4.39. The molecule has 2 heterocycles. The van der Waals surface area contributed by atoms with Crippen molar-refractivity contribution in [3.05, 3.63) is 18.0 Å². The summed E-state index contributed by atoms with van der Waals surface area (Å²) in [6.07, 6.45) is 4.03. The summed E-state index contributed by atoms with van der Waals surface area (Å²) in [5.74, 6) is 3.27. The van der Waals surface area contributed by atoms with E-state index in [1.807, 2.05) is 12.1 Å². The van der Waals surface area contributed by atoms with Gasteiger partial charge in [0.15, 0.2) is 11.5 Å². The maximum Gasteiger partial charge on any atom is 0.163 e. The highest BCUT2D eigenvalue weighted by atomic mass is 16.5. The first-order valence-electron chi connectivity index (χ1n) is 7.74. The molecule has 114 valence electrons. The molecule has 5 nitrogen and oxygen atoms in total. The molecular formula is C16H23N3O2. The van der Waals surface area contributed by atoms with Crippen LogP contribution in [-0.2, 0) is 6.42 Å². The molecule has 0 radical (unpaired) electrons. The summed E-state index contributed by atoms with van der Waals surface area (Å²) >= 11 is 0. The molecule has 2 aromatic rings. The van der Waals surface area contributed by atoms with Gasteiger partial charge in [-0.3, -0.25) is 0 Å². The van der Waals surface area contributed by atoms with Crippen molar-refractivity contribution >= 4 is 11.0 Å². The van der Waals surface area contributed by atoms with Gasteiger partial charge < -0.3 is 20.2 Å². The lowest BCUT2D eigenvalue weighted by Gasteiger charge is -2.07. The van der Waals surface area contributed by atoms with Crippen LogP contribution in [0.5, 0.6) is 11.5 Å². The van der Waals surface area contributed by atoms with E-state index in [1.165, 1.54) is 0 Å². The molecule has 1 aliphatic rings. The number of aromatic amines is 1. The SMILES string of the molecule is CC(CCN)CCc1nc2cc3c(cc2[nH]1)OCCCO3. The number of hydrogen-bond donors (Lipinski definition) is 2. The molecule has 0 fully saturated rings. The Morgan fingerprint density at radius 1 is 1.24 bits per heavy atom. The lowest BCUT2D eigenvalue weighted by atomic mass is 10.0. The van der Waals surface area contributed by atoms with E-state index in [4.69, 9.17) is 15.2 Å². The second-order valence-electron chi connectivity index (χ2n) is 5.77. The van der Waals surface area contributed by atoms with Crippen molar-refractivity contribution in [3.63, 3.8) is 0 Å². The van der Waals surface area contributed by atoms with Gasteiger partial charge in [0.2, 0.25) is 0 Å². The lowest BCUT2D eigenvalue weighted by Crippen LogP contribution is -2.06. The van der Waals surface area contributed by atoms with Gasteiger partial charge in [-0.1, -0.05) is 6.92 Å². The predicted octanol–water partition coefficient (Wildman–Crippen LogP) is 2.64. The van der Waals surface area contributed by atoms with E-state index in [0.717, 1.165) is 60.6 Å². The van der Waals surface area contributed by atoms with E-state index in [9.17, 15) is 0 Å². The summed E-state index contributed by atoms with van der Waals surface area (Å²) in [5, 5.41) is 0. The van der Waals surface area contributed by atoms with Crippen LogP contribution in [0.3, 0.4) is 0 Å². The Balaban J connectivity index is 1.77. The molecule has 1 aromatic heterocycles. The van der Waals surface area contributed by atoms with Crippen LogP contribution >= 0.6 is 0 Å². The van der Waals surface area contributed by atoms with Crippen LogP contribution < -0.4 is 15.2 Å². The predicted molar refractivity (Wildman–Crippen MR) is 82.9 cm³/mol. The fraction of sp³-hybridized carbons (Fsp3) is 0.562. The largest absolute Gasteiger partial charge is 0.489 e. The molecular weight excluding hydrogens is 266 g/mol. The van der Waals surface area contributed by atoms with E-state index in [0.29, 0.717) is 19.1 Å². The van der Waals surface area contributed by atoms with Crippen LogP contribution in [0.15, 0.2) is 12.1 Å². The number of aryl methyl sites for hydroxylation is 1. The highest BCUT2D eigenvalue weighted by Crippen LogP contribution is 2.33. The molecule has 0 amide bonds. The summed E-state index contributed by atoms with van der Waals surface area (Å²) in [5.41, 5.74) is 7.55. The van der Waals surface area contributed by atoms with Crippen LogP contribution in [-0.4, -0.2) is 29.7 Å². The number of rotatable bonds is 5. The molecule has 0 aliphatic carbocycles. The van der Waals surface area contributed by atoms with Gasteiger partial charge in [-0.25, -0.2) is 4.98 Å². The third kappa shape index (κ3) is 3.29. The average molecular weight is 289 g/mol. The zero-order valence-corrected chi connectivity index (χ0v) is 12.5. The van der Waals surface area contributed by atoms with Crippen molar-refractivity contribution in [2.45, 2.75) is 32.6 Å². The van der Waals surface area contributed by atoms with Gasteiger partial charge in [0.25, 0.3) is 0 Å². The third-order valence-corrected chi connectivity index (χ3v) is 3.93. The number of benzene rings is 1. The lowest BCUT2D eigenvalue weighted by molar-refractivity contribution is 0.297. The number of nitrogens with zero attached hydrogens (tertiary/aromatic N) is 1. The quantitative estimate of drug-likeness (QED) is 0.887. The van der Waals surface area contributed by atoms with Gasteiger partial charge >= 0.3 is 0 Å². The van der Waals surface area contributed by atoms with Crippen molar-refractivity contribution in [1.29, 1.82) is 0 Å². The highest BCUT2D eigenvalue weighted by molar-refractivity contribution is 5.79. The first-order chi connectivity index (χ1) is 10.3. The monoisotopic (exact) mass is 289 g/mol. The Labute approximate surface area is 124 Å². The zero-order valence-electron chi connectivity index (χ0n) is 12.5. The van der Waals surface area contributed by atoms with Crippen LogP contribution in [0, 0.1) is 5.92 Å². The minimum absolute atomic E-state index is 0.631. The molecule has 1 aromatic carbocycles. The fourth-order valence-electron chi connectivity index (χ4n) is 2.65. The van der Waals surface area contributed by atoms with Crippen molar-refractivity contribution in [2.24, 2.45) is 11.7 Å². The molecule has 0 saturated carbocycles. The van der Waals surface area contributed by atoms with Gasteiger partial charge in [0, 0.05) is 25.0 Å². The molecule has 0 spiro atoms.